The van der Waals surface area contributed by atoms with Crippen molar-refractivity contribution in [2.75, 3.05) is 30.3 Å². The van der Waals surface area contributed by atoms with Crippen molar-refractivity contribution in [3.8, 4) is 5.75 Å². The van der Waals surface area contributed by atoms with Crippen LogP contribution in [-0.4, -0.2) is 73.6 Å². The number of piperidine rings is 2. The monoisotopic (exact) mass is 682 g/mol. The summed E-state index contributed by atoms with van der Waals surface area (Å²) in [5, 5.41) is 8.32. The summed E-state index contributed by atoms with van der Waals surface area (Å²) in [6.07, 6.45) is 11.0. The van der Waals surface area contributed by atoms with Crippen LogP contribution in [0.25, 0.3) is 5.65 Å². The molecule has 0 radical (unpaired) electrons. The quantitative estimate of drug-likeness (QED) is 0.127. The van der Waals surface area contributed by atoms with Crippen molar-refractivity contribution in [2.24, 2.45) is 0 Å². The van der Waals surface area contributed by atoms with E-state index in [1.807, 2.05) is 37.1 Å². The number of carbonyl (C=O) groups is 4. The number of imidazole rings is 1. The second-order valence-corrected chi connectivity index (χ2v) is 13.0. The number of rotatable bonds is 12. The maximum atomic E-state index is 13.2. The van der Waals surface area contributed by atoms with Gasteiger partial charge < -0.3 is 29.7 Å². The van der Waals surface area contributed by atoms with Gasteiger partial charge in [-0.05, 0) is 69.7 Å². The van der Waals surface area contributed by atoms with E-state index in [9.17, 15) is 24.0 Å². The molecule has 50 heavy (non-hydrogen) atoms. The molecule has 2 fully saturated rings. The maximum Gasteiger partial charge on any atom is 0.271 e. The molecular formula is C36H42N8O6. The van der Waals surface area contributed by atoms with E-state index in [2.05, 4.69) is 25.9 Å². The number of hydrogen-bond acceptors (Lipinski definition) is 9. The number of fused-ring (bicyclic) bond motifs is 1. The molecule has 2 aliphatic rings. The third kappa shape index (κ3) is 8.18. The van der Waals surface area contributed by atoms with E-state index in [-0.39, 0.29) is 46.9 Å². The maximum absolute atomic E-state index is 13.2. The van der Waals surface area contributed by atoms with Crippen LogP contribution in [0.15, 0.2) is 59.9 Å². The molecule has 6 rings (SSSR count). The second kappa shape index (κ2) is 15.3. The minimum atomic E-state index is -0.463. The first-order valence-corrected chi connectivity index (χ1v) is 17.1. The summed E-state index contributed by atoms with van der Waals surface area (Å²) in [7, 11) is 0. The number of likely N-dealkylation sites (tertiary alicyclic amines) is 1. The van der Waals surface area contributed by atoms with E-state index in [0.29, 0.717) is 56.1 Å². The lowest BCUT2D eigenvalue weighted by Gasteiger charge is -2.31. The molecule has 0 bridgehead atoms. The highest BCUT2D eigenvalue weighted by atomic mass is 16.5. The Bertz CT molecular complexity index is 1930. The first-order valence-electron chi connectivity index (χ1n) is 17.1. The topological polar surface area (TPSA) is 180 Å². The van der Waals surface area contributed by atoms with Crippen LogP contribution < -0.4 is 26.2 Å². The molecule has 2 saturated heterocycles. The molecule has 4 N–H and O–H groups in total. The molecule has 4 aromatic rings. The van der Waals surface area contributed by atoms with Gasteiger partial charge in [-0.15, -0.1) is 0 Å². The third-order valence-corrected chi connectivity index (χ3v) is 9.06. The fraction of sp³-hybridized carbons (Fsp3) is 0.417. The number of nitrogens with zero attached hydrogens (tertiary/aromatic N) is 4. The molecule has 262 valence electrons. The highest BCUT2D eigenvalue weighted by Crippen LogP contribution is 2.30. The van der Waals surface area contributed by atoms with Crippen molar-refractivity contribution >= 4 is 40.8 Å². The number of H-pyrrole nitrogens is 1. The Labute approximate surface area is 289 Å². The molecule has 4 aromatic heterocycles. The summed E-state index contributed by atoms with van der Waals surface area (Å²) < 4.78 is 7.77. The fourth-order valence-electron chi connectivity index (χ4n) is 6.39. The Morgan fingerprint density at radius 3 is 2.60 bits per heavy atom. The number of amides is 4. The van der Waals surface area contributed by atoms with E-state index >= 15 is 0 Å². The minimum Gasteiger partial charge on any atom is -0.490 e. The van der Waals surface area contributed by atoms with Crippen LogP contribution in [0.4, 0.5) is 11.5 Å². The van der Waals surface area contributed by atoms with Crippen LogP contribution in [0.3, 0.4) is 0 Å². The van der Waals surface area contributed by atoms with Crippen LogP contribution in [0.2, 0.25) is 0 Å². The largest absolute Gasteiger partial charge is 0.490 e. The van der Waals surface area contributed by atoms with Crippen LogP contribution in [0.5, 0.6) is 5.75 Å². The van der Waals surface area contributed by atoms with Crippen molar-refractivity contribution < 1.29 is 23.9 Å². The average Bonchev–Trinajstić information content (AvgIpc) is 3.52. The van der Waals surface area contributed by atoms with Gasteiger partial charge in [-0.25, -0.2) is 9.97 Å². The number of anilines is 2. The van der Waals surface area contributed by atoms with E-state index in [1.165, 1.54) is 12.3 Å². The van der Waals surface area contributed by atoms with Crippen LogP contribution in [0, 0.1) is 0 Å². The van der Waals surface area contributed by atoms with Gasteiger partial charge in [0.15, 0.2) is 0 Å². The first-order chi connectivity index (χ1) is 24.1. The standard InChI is InChI=1S/C36H42N8O6/c1-22(2)50-29-18-31-40-28(21-44(31)20-26(29)35(48)41-27-6-5-15-38-36(27)49)23-12-16-43(17-13-23)33(46)7-3-4-14-37-30-10-8-24(19-39-30)25-9-11-32(45)42-34(25)47/h5-6,8,10,15,18-23,25H,3-4,7,9,11-14,16-17H2,1-2H3,(H,37,39)(H,38,49)(H,41,48)(H,42,45,47). The average molecular weight is 683 g/mol. The van der Waals surface area contributed by atoms with Gasteiger partial charge in [0.05, 0.1) is 23.3 Å². The minimum absolute atomic E-state index is 0.144. The van der Waals surface area contributed by atoms with Crippen molar-refractivity contribution in [3.63, 3.8) is 0 Å². The van der Waals surface area contributed by atoms with Gasteiger partial charge >= 0.3 is 0 Å². The Morgan fingerprint density at radius 1 is 1.06 bits per heavy atom. The molecule has 2 aliphatic heterocycles. The molecule has 0 aromatic carbocycles. The number of carbonyl (C=O) groups excluding carboxylic acids is 4. The van der Waals surface area contributed by atoms with Crippen LogP contribution in [-0.2, 0) is 14.4 Å². The first kappa shape index (κ1) is 34.3. The number of aromatic nitrogens is 4. The smallest absolute Gasteiger partial charge is 0.271 e. The van der Waals surface area contributed by atoms with Gasteiger partial charge in [0.1, 0.15) is 22.9 Å². The molecule has 1 unspecified atom stereocenters. The van der Waals surface area contributed by atoms with Gasteiger partial charge in [-0.3, -0.25) is 29.3 Å². The molecule has 0 aliphatic carbocycles. The number of ether oxygens (including phenoxy) is 1. The van der Waals surface area contributed by atoms with E-state index < -0.39 is 11.5 Å². The summed E-state index contributed by atoms with van der Waals surface area (Å²) in [6.45, 7) is 5.73. The van der Waals surface area contributed by atoms with Crippen LogP contribution >= 0.6 is 0 Å². The highest BCUT2D eigenvalue weighted by Gasteiger charge is 2.28. The predicted octanol–water partition coefficient (Wildman–Crippen LogP) is 3.97. The van der Waals surface area contributed by atoms with Gasteiger partial charge in [0.25, 0.3) is 11.5 Å². The molecule has 6 heterocycles. The SMILES string of the molecule is CC(C)Oc1cc2nc(C3CCN(C(=O)CCCCNc4ccc(C5CCC(=O)NC5=O)cn4)CC3)cn2cc1C(=O)Nc1ccc[nH]c1=O. The van der Waals surface area contributed by atoms with Gasteiger partial charge in [0.2, 0.25) is 17.7 Å². The molecule has 0 saturated carbocycles. The van der Waals surface area contributed by atoms with Gasteiger partial charge in [0, 0.05) is 69.2 Å². The van der Waals surface area contributed by atoms with Gasteiger partial charge in [-0.1, -0.05) is 6.07 Å². The number of imide groups is 1. The Morgan fingerprint density at radius 2 is 1.88 bits per heavy atom. The van der Waals surface area contributed by atoms with E-state index in [0.717, 1.165) is 36.9 Å². The fourth-order valence-corrected chi connectivity index (χ4v) is 6.39. The zero-order valence-corrected chi connectivity index (χ0v) is 28.2. The zero-order chi connectivity index (χ0) is 35.2. The third-order valence-electron chi connectivity index (χ3n) is 9.06. The predicted molar refractivity (Wildman–Crippen MR) is 186 cm³/mol. The zero-order valence-electron chi connectivity index (χ0n) is 28.2. The summed E-state index contributed by atoms with van der Waals surface area (Å²) in [5.74, 6) is 0.0688. The molecule has 4 amide bonds. The molecule has 14 nitrogen and oxygen atoms in total. The van der Waals surface area contributed by atoms with Crippen molar-refractivity contribution in [2.45, 2.75) is 76.7 Å². The molecule has 0 spiro atoms. The van der Waals surface area contributed by atoms with Crippen LogP contribution in [0.1, 0.15) is 92.2 Å². The number of nitrogens with one attached hydrogen (secondary N) is 4. The molecule has 14 heteroatoms. The summed E-state index contributed by atoms with van der Waals surface area (Å²) >= 11 is 0. The summed E-state index contributed by atoms with van der Waals surface area (Å²) in [5.41, 5.74) is 2.37. The number of pyridine rings is 3. The molecular weight excluding hydrogens is 640 g/mol. The molecule has 1 atom stereocenters. The van der Waals surface area contributed by atoms with Crippen molar-refractivity contribution in [1.82, 2.24) is 29.6 Å². The number of unbranched alkanes of at least 4 members (excludes halogenated alkanes) is 1. The summed E-state index contributed by atoms with van der Waals surface area (Å²) in [6, 6.07) is 8.62. The number of aromatic amines is 1. The summed E-state index contributed by atoms with van der Waals surface area (Å²) in [4.78, 5) is 75.6. The lowest BCUT2D eigenvalue weighted by atomic mass is 9.92. The normalized spacial score (nSPS) is 16.8. The van der Waals surface area contributed by atoms with Crippen molar-refractivity contribution in [3.05, 3.63) is 82.3 Å². The Kier molecular flexibility index (Phi) is 10.5. The van der Waals surface area contributed by atoms with Crippen molar-refractivity contribution in [1.29, 1.82) is 0 Å². The van der Waals surface area contributed by atoms with E-state index in [1.54, 1.807) is 28.9 Å². The Balaban J connectivity index is 0.973. The van der Waals surface area contributed by atoms with Gasteiger partial charge in [-0.2, -0.15) is 0 Å². The Hall–Kier alpha value is -5.53. The lowest BCUT2D eigenvalue weighted by molar-refractivity contribution is -0.134. The number of hydrogen-bond donors (Lipinski definition) is 4. The lowest BCUT2D eigenvalue weighted by Crippen LogP contribution is -2.39. The van der Waals surface area contributed by atoms with E-state index in [4.69, 9.17) is 9.72 Å². The second-order valence-electron chi connectivity index (χ2n) is 13.0. The highest BCUT2D eigenvalue weighted by molar-refractivity contribution is 6.06.